The Labute approximate surface area is 144 Å². The van der Waals surface area contributed by atoms with E-state index in [2.05, 4.69) is 10.6 Å². The van der Waals surface area contributed by atoms with E-state index in [1.165, 1.54) is 0 Å². The highest BCUT2D eigenvalue weighted by Crippen LogP contribution is 2.32. The predicted octanol–water partition coefficient (Wildman–Crippen LogP) is 2.91. The Kier molecular flexibility index (Phi) is 5.03. The van der Waals surface area contributed by atoms with Gasteiger partial charge in [0.15, 0.2) is 11.5 Å². The lowest BCUT2D eigenvalue weighted by Gasteiger charge is -2.08. The Balaban J connectivity index is 1.55. The fourth-order valence-corrected chi connectivity index (χ4v) is 2.33. The molecule has 0 spiro atoms. The van der Waals surface area contributed by atoms with Crippen LogP contribution in [-0.2, 0) is 11.3 Å². The van der Waals surface area contributed by atoms with Crippen LogP contribution in [0.15, 0.2) is 42.5 Å². The first kappa shape index (κ1) is 16.6. The molecule has 0 unspecified atom stereocenters. The molecular weight excluding hydrogens is 324 g/mol. The summed E-state index contributed by atoms with van der Waals surface area (Å²) in [6, 6.07) is 12.1. The van der Waals surface area contributed by atoms with Crippen molar-refractivity contribution >= 4 is 17.7 Å². The third-order valence-electron chi connectivity index (χ3n) is 3.56. The minimum Gasteiger partial charge on any atom is -0.454 e. The average Bonchev–Trinajstić information content (AvgIpc) is 3.08. The first-order valence-electron chi connectivity index (χ1n) is 7.86. The largest absolute Gasteiger partial charge is 0.454 e. The van der Waals surface area contributed by atoms with Gasteiger partial charge in [-0.25, -0.2) is 4.79 Å². The molecule has 3 rings (SSSR count). The van der Waals surface area contributed by atoms with Crippen molar-refractivity contribution < 1.29 is 23.8 Å². The Bertz CT molecular complexity index is 774. The van der Waals surface area contributed by atoms with Gasteiger partial charge in [0, 0.05) is 17.8 Å². The SMILES string of the molecule is CCOC(=O)Nc1ccc(C(=O)NCc2ccc3c(c2)OCO3)cc1. The van der Waals surface area contributed by atoms with Crippen molar-refractivity contribution in [2.75, 3.05) is 18.7 Å². The first-order chi connectivity index (χ1) is 12.2. The zero-order valence-electron chi connectivity index (χ0n) is 13.7. The summed E-state index contributed by atoms with van der Waals surface area (Å²) < 4.78 is 15.4. The second-order valence-corrected chi connectivity index (χ2v) is 5.29. The van der Waals surface area contributed by atoms with Crippen LogP contribution in [0.3, 0.4) is 0 Å². The van der Waals surface area contributed by atoms with Gasteiger partial charge in [0.2, 0.25) is 6.79 Å². The van der Waals surface area contributed by atoms with E-state index in [-0.39, 0.29) is 12.7 Å². The lowest BCUT2D eigenvalue weighted by atomic mass is 10.1. The maximum Gasteiger partial charge on any atom is 0.411 e. The molecule has 2 aromatic carbocycles. The molecule has 7 nitrogen and oxygen atoms in total. The van der Waals surface area contributed by atoms with Crippen molar-refractivity contribution in [3.8, 4) is 11.5 Å². The summed E-state index contributed by atoms with van der Waals surface area (Å²) in [5, 5.41) is 5.41. The number of fused-ring (bicyclic) bond motifs is 1. The standard InChI is InChI=1S/C18H18N2O5/c1-2-23-18(22)20-14-6-4-13(5-7-14)17(21)19-10-12-3-8-15-16(9-12)25-11-24-15/h3-9H,2,10-11H2,1H3,(H,19,21)(H,20,22). The number of hydrogen-bond donors (Lipinski definition) is 2. The molecule has 2 aromatic rings. The minimum atomic E-state index is -0.525. The van der Waals surface area contributed by atoms with Crippen molar-refractivity contribution in [3.05, 3.63) is 53.6 Å². The molecule has 0 saturated heterocycles. The molecule has 2 N–H and O–H groups in total. The Morgan fingerprint density at radius 1 is 1.08 bits per heavy atom. The first-order valence-corrected chi connectivity index (χ1v) is 7.86. The summed E-state index contributed by atoms with van der Waals surface area (Å²) in [5.41, 5.74) is 1.97. The molecule has 0 radical (unpaired) electrons. The molecule has 0 aliphatic carbocycles. The van der Waals surface area contributed by atoms with Crippen LogP contribution in [0.1, 0.15) is 22.8 Å². The number of carbonyl (C=O) groups is 2. The molecule has 0 atom stereocenters. The maximum absolute atomic E-state index is 12.2. The van der Waals surface area contributed by atoms with Crippen LogP contribution in [-0.4, -0.2) is 25.4 Å². The second-order valence-electron chi connectivity index (χ2n) is 5.29. The molecule has 7 heteroatoms. The molecule has 25 heavy (non-hydrogen) atoms. The van der Waals surface area contributed by atoms with Crippen molar-refractivity contribution in [1.82, 2.24) is 5.32 Å². The summed E-state index contributed by atoms with van der Waals surface area (Å²) in [5.74, 6) is 1.18. The fourth-order valence-electron chi connectivity index (χ4n) is 2.33. The van der Waals surface area contributed by atoms with Crippen molar-refractivity contribution in [1.29, 1.82) is 0 Å². The number of anilines is 1. The van der Waals surface area contributed by atoms with Crippen LogP contribution in [0.2, 0.25) is 0 Å². The van der Waals surface area contributed by atoms with Crippen LogP contribution < -0.4 is 20.1 Å². The van der Waals surface area contributed by atoms with Gasteiger partial charge in [-0.15, -0.1) is 0 Å². The van der Waals surface area contributed by atoms with Gasteiger partial charge in [-0.05, 0) is 48.9 Å². The minimum absolute atomic E-state index is 0.208. The third kappa shape index (κ3) is 4.20. The fraction of sp³-hybridized carbons (Fsp3) is 0.222. The van der Waals surface area contributed by atoms with E-state index >= 15 is 0 Å². The topological polar surface area (TPSA) is 85.9 Å². The molecule has 130 valence electrons. The summed E-state index contributed by atoms with van der Waals surface area (Å²) in [6.07, 6.45) is -0.525. The number of nitrogens with one attached hydrogen (secondary N) is 2. The van der Waals surface area contributed by atoms with Crippen LogP contribution in [0.5, 0.6) is 11.5 Å². The molecule has 0 aromatic heterocycles. The predicted molar refractivity (Wildman–Crippen MR) is 90.8 cm³/mol. The van der Waals surface area contributed by atoms with E-state index in [0.29, 0.717) is 35.9 Å². The van der Waals surface area contributed by atoms with Gasteiger partial charge in [0.05, 0.1) is 6.61 Å². The maximum atomic E-state index is 12.2. The molecule has 0 bridgehead atoms. The van der Waals surface area contributed by atoms with E-state index in [1.54, 1.807) is 31.2 Å². The van der Waals surface area contributed by atoms with Gasteiger partial charge in [-0.2, -0.15) is 0 Å². The molecule has 1 aliphatic rings. The zero-order valence-corrected chi connectivity index (χ0v) is 13.7. The van der Waals surface area contributed by atoms with Gasteiger partial charge in [0.25, 0.3) is 5.91 Å². The molecule has 2 amide bonds. The summed E-state index contributed by atoms with van der Waals surface area (Å²) in [7, 11) is 0. The average molecular weight is 342 g/mol. The van der Waals surface area contributed by atoms with Gasteiger partial charge in [-0.3, -0.25) is 10.1 Å². The normalized spacial score (nSPS) is 11.7. The Morgan fingerprint density at radius 2 is 1.84 bits per heavy atom. The second kappa shape index (κ2) is 7.57. The number of carbonyl (C=O) groups excluding carboxylic acids is 2. The Morgan fingerprint density at radius 3 is 2.60 bits per heavy atom. The number of benzene rings is 2. The van der Waals surface area contributed by atoms with Gasteiger partial charge < -0.3 is 19.5 Å². The molecular formula is C18H18N2O5. The zero-order chi connectivity index (χ0) is 17.6. The third-order valence-corrected chi connectivity index (χ3v) is 3.56. The van der Waals surface area contributed by atoms with E-state index in [4.69, 9.17) is 14.2 Å². The highest BCUT2D eigenvalue weighted by atomic mass is 16.7. The highest BCUT2D eigenvalue weighted by Gasteiger charge is 2.13. The molecule has 1 aliphatic heterocycles. The number of rotatable bonds is 5. The van der Waals surface area contributed by atoms with Gasteiger partial charge in [-0.1, -0.05) is 6.07 Å². The summed E-state index contributed by atoms with van der Waals surface area (Å²) >= 11 is 0. The highest BCUT2D eigenvalue weighted by molar-refractivity contribution is 5.95. The summed E-state index contributed by atoms with van der Waals surface area (Å²) in [4.78, 5) is 23.5. The molecule has 0 fully saturated rings. The van der Waals surface area contributed by atoms with Crippen LogP contribution in [0.25, 0.3) is 0 Å². The van der Waals surface area contributed by atoms with Crippen LogP contribution in [0.4, 0.5) is 10.5 Å². The van der Waals surface area contributed by atoms with E-state index < -0.39 is 6.09 Å². The van der Waals surface area contributed by atoms with Crippen molar-refractivity contribution in [3.63, 3.8) is 0 Å². The number of ether oxygens (including phenoxy) is 3. The Hall–Kier alpha value is -3.22. The smallest absolute Gasteiger partial charge is 0.411 e. The van der Waals surface area contributed by atoms with Gasteiger partial charge in [0.1, 0.15) is 0 Å². The number of hydrogen-bond acceptors (Lipinski definition) is 5. The van der Waals surface area contributed by atoms with Gasteiger partial charge >= 0.3 is 6.09 Å². The van der Waals surface area contributed by atoms with Crippen molar-refractivity contribution in [2.24, 2.45) is 0 Å². The van der Waals surface area contributed by atoms with E-state index in [0.717, 1.165) is 5.56 Å². The lowest BCUT2D eigenvalue weighted by Crippen LogP contribution is -2.22. The molecule has 1 heterocycles. The van der Waals surface area contributed by atoms with E-state index in [1.807, 2.05) is 18.2 Å². The van der Waals surface area contributed by atoms with Crippen LogP contribution >= 0.6 is 0 Å². The molecule has 0 saturated carbocycles. The summed E-state index contributed by atoms with van der Waals surface area (Å²) in [6.45, 7) is 2.62. The van der Waals surface area contributed by atoms with Crippen molar-refractivity contribution in [2.45, 2.75) is 13.5 Å². The van der Waals surface area contributed by atoms with Crippen LogP contribution in [0, 0.1) is 0 Å². The number of amides is 2. The quantitative estimate of drug-likeness (QED) is 0.872. The van der Waals surface area contributed by atoms with E-state index in [9.17, 15) is 9.59 Å². The monoisotopic (exact) mass is 342 g/mol. The lowest BCUT2D eigenvalue weighted by molar-refractivity contribution is 0.0951.